The van der Waals surface area contributed by atoms with Crippen LogP contribution in [0.1, 0.15) is 17.2 Å². The van der Waals surface area contributed by atoms with Crippen LogP contribution in [0.5, 0.6) is 5.75 Å². The van der Waals surface area contributed by atoms with Crippen LogP contribution in [0.15, 0.2) is 46.9 Å². The molecule has 0 saturated heterocycles. The molecule has 2 rings (SSSR count). The van der Waals surface area contributed by atoms with Gasteiger partial charge < -0.3 is 10.1 Å². The van der Waals surface area contributed by atoms with Gasteiger partial charge in [0.15, 0.2) is 0 Å². The lowest BCUT2D eigenvalue weighted by Crippen LogP contribution is -2.18. The summed E-state index contributed by atoms with van der Waals surface area (Å²) in [6.07, 6.45) is 0. The van der Waals surface area contributed by atoms with E-state index in [9.17, 15) is 0 Å². The molecule has 2 aromatic carbocycles. The third-order valence-electron chi connectivity index (χ3n) is 2.98. The smallest absolute Gasteiger partial charge is 0.125 e. The maximum Gasteiger partial charge on any atom is 0.125 e. The highest BCUT2D eigenvalue weighted by molar-refractivity contribution is 9.10. The molecule has 0 aliphatic rings. The Kier molecular flexibility index (Phi) is 4.86. The molecule has 0 heterocycles. The average molecular weight is 341 g/mol. The van der Waals surface area contributed by atoms with Crippen LogP contribution in [-0.4, -0.2) is 14.2 Å². The lowest BCUT2D eigenvalue weighted by molar-refractivity contribution is 0.405. The molecule has 19 heavy (non-hydrogen) atoms. The molecule has 0 aliphatic carbocycles. The Hall–Kier alpha value is -1.03. The quantitative estimate of drug-likeness (QED) is 0.889. The van der Waals surface area contributed by atoms with Crippen molar-refractivity contribution < 1.29 is 4.74 Å². The number of rotatable bonds is 4. The van der Waals surface area contributed by atoms with Crippen molar-refractivity contribution in [2.24, 2.45) is 0 Å². The third kappa shape index (κ3) is 3.30. The summed E-state index contributed by atoms with van der Waals surface area (Å²) in [6.45, 7) is 0. The van der Waals surface area contributed by atoms with Gasteiger partial charge in [-0.2, -0.15) is 0 Å². The van der Waals surface area contributed by atoms with Crippen LogP contribution in [0.3, 0.4) is 0 Å². The van der Waals surface area contributed by atoms with E-state index in [4.69, 9.17) is 16.3 Å². The molecular weight excluding hydrogens is 326 g/mol. The van der Waals surface area contributed by atoms with Gasteiger partial charge in [0, 0.05) is 15.1 Å². The Labute approximate surface area is 126 Å². The number of hydrogen-bond donors (Lipinski definition) is 1. The standard InChI is InChI=1S/C15H15BrClNO/c1-18-15(10-4-3-5-12(17)8-10)13-7-6-11(16)9-14(13)19-2/h3-9,15,18H,1-2H3. The van der Waals surface area contributed by atoms with Crippen LogP contribution in [0.25, 0.3) is 0 Å². The third-order valence-corrected chi connectivity index (χ3v) is 3.71. The summed E-state index contributed by atoms with van der Waals surface area (Å²) in [7, 11) is 3.60. The minimum absolute atomic E-state index is 0.0433. The van der Waals surface area contributed by atoms with Crippen molar-refractivity contribution >= 4 is 27.5 Å². The van der Waals surface area contributed by atoms with Crippen LogP contribution < -0.4 is 10.1 Å². The van der Waals surface area contributed by atoms with Crippen LogP contribution in [0, 0.1) is 0 Å². The van der Waals surface area contributed by atoms with Crippen molar-refractivity contribution in [1.82, 2.24) is 5.32 Å². The van der Waals surface area contributed by atoms with Crippen molar-refractivity contribution in [3.05, 3.63) is 63.1 Å². The number of halogens is 2. The largest absolute Gasteiger partial charge is 0.496 e. The van der Waals surface area contributed by atoms with Gasteiger partial charge in [0.25, 0.3) is 0 Å². The summed E-state index contributed by atoms with van der Waals surface area (Å²) in [5.74, 6) is 0.841. The highest BCUT2D eigenvalue weighted by Gasteiger charge is 2.16. The lowest BCUT2D eigenvalue weighted by Gasteiger charge is -2.20. The summed E-state index contributed by atoms with van der Waals surface area (Å²) in [6, 6.07) is 13.9. The Bertz CT molecular complexity index is 574. The zero-order chi connectivity index (χ0) is 13.8. The van der Waals surface area contributed by atoms with Crippen molar-refractivity contribution in [3.63, 3.8) is 0 Å². The first kappa shape index (κ1) is 14.4. The summed E-state index contributed by atoms with van der Waals surface area (Å²) in [5, 5.41) is 4.03. The van der Waals surface area contributed by atoms with Gasteiger partial charge in [0.2, 0.25) is 0 Å². The van der Waals surface area contributed by atoms with Crippen LogP contribution in [-0.2, 0) is 0 Å². The molecule has 1 N–H and O–H groups in total. The Morgan fingerprint density at radius 3 is 2.63 bits per heavy atom. The normalized spacial score (nSPS) is 12.2. The maximum absolute atomic E-state index is 6.07. The first-order valence-corrected chi connectivity index (χ1v) is 7.09. The molecule has 0 aliphatic heterocycles. The number of ether oxygens (including phenoxy) is 1. The van der Waals surface area contributed by atoms with E-state index >= 15 is 0 Å². The Balaban J connectivity index is 2.48. The van der Waals surface area contributed by atoms with Gasteiger partial charge in [-0.25, -0.2) is 0 Å². The van der Waals surface area contributed by atoms with Gasteiger partial charge in [0.1, 0.15) is 5.75 Å². The lowest BCUT2D eigenvalue weighted by atomic mass is 9.98. The van der Waals surface area contributed by atoms with Crippen LogP contribution in [0.2, 0.25) is 5.02 Å². The molecule has 0 fully saturated rings. The summed E-state index contributed by atoms with van der Waals surface area (Å²) < 4.78 is 6.45. The summed E-state index contributed by atoms with van der Waals surface area (Å²) in [5.41, 5.74) is 2.19. The zero-order valence-corrected chi connectivity index (χ0v) is 13.1. The van der Waals surface area contributed by atoms with Gasteiger partial charge in [-0.3, -0.25) is 0 Å². The molecule has 0 radical (unpaired) electrons. The first-order valence-electron chi connectivity index (χ1n) is 5.92. The zero-order valence-electron chi connectivity index (χ0n) is 10.8. The Morgan fingerprint density at radius 1 is 1.21 bits per heavy atom. The average Bonchev–Trinajstić information content (AvgIpc) is 2.41. The SMILES string of the molecule is CNC(c1cccc(Cl)c1)c1ccc(Br)cc1OC. The number of hydrogen-bond acceptors (Lipinski definition) is 2. The van der Waals surface area contributed by atoms with E-state index in [0.717, 1.165) is 26.4 Å². The van der Waals surface area contributed by atoms with Gasteiger partial charge in [0.05, 0.1) is 13.2 Å². The van der Waals surface area contributed by atoms with E-state index in [1.54, 1.807) is 7.11 Å². The molecule has 2 aromatic rings. The predicted octanol–water partition coefficient (Wildman–Crippen LogP) is 4.42. The van der Waals surface area contributed by atoms with Gasteiger partial charge in [-0.05, 0) is 36.9 Å². The highest BCUT2D eigenvalue weighted by Crippen LogP contribution is 2.32. The monoisotopic (exact) mass is 339 g/mol. The molecule has 1 atom stereocenters. The molecule has 0 saturated carbocycles. The van der Waals surface area contributed by atoms with E-state index in [1.165, 1.54) is 0 Å². The van der Waals surface area contributed by atoms with E-state index in [0.29, 0.717) is 0 Å². The number of benzene rings is 2. The predicted molar refractivity (Wildman–Crippen MR) is 83.0 cm³/mol. The number of nitrogens with one attached hydrogen (secondary N) is 1. The molecule has 4 heteroatoms. The molecule has 2 nitrogen and oxygen atoms in total. The molecule has 100 valence electrons. The van der Waals surface area contributed by atoms with Crippen molar-refractivity contribution in [2.75, 3.05) is 14.2 Å². The fraction of sp³-hybridized carbons (Fsp3) is 0.200. The van der Waals surface area contributed by atoms with E-state index in [2.05, 4.69) is 27.3 Å². The van der Waals surface area contributed by atoms with Gasteiger partial charge >= 0.3 is 0 Å². The van der Waals surface area contributed by atoms with Crippen LogP contribution >= 0.6 is 27.5 Å². The molecule has 0 spiro atoms. The van der Waals surface area contributed by atoms with Crippen molar-refractivity contribution in [2.45, 2.75) is 6.04 Å². The molecule has 1 unspecified atom stereocenters. The second-order valence-corrected chi connectivity index (χ2v) is 5.52. The fourth-order valence-electron chi connectivity index (χ4n) is 2.11. The van der Waals surface area contributed by atoms with E-state index in [-0.39, 0.29) is 6.04 Å². The number of methoxy groups -OCH3 is 1. The molecular formula is C15H15BrClNO. The first-order chi connectivity index (χ1) is 9.15. The topological polar surface area (TPSA) is 21.3 Å². The minimum Gasteiger partial charge on any atom is -0.496 e. The minimum atomic E-state index is 0.0433. The van der Waals surface area contributed by atoms with Gasteiger partial charge in [-0.1, -0.05) is 45.7 Å². The second-order valence-electron chi connectivity index (χ2n) is 4.16. The van der Waals surface area contributed by atoms with Crippen molar-refractivity contribution in [1.29, 1.82) is 0 Å². The molecule has 0 amide bonds. The summed E-state index contributed by atoms with van der Waals surface area (Å²) in [4.78, 5) is 0. The van der Waals surface area contributed by atoms with Crippen LogP contribution in [0.4, 0.5) is 0 Å². The van der Waals surface area contributed by atoms with E-state index < -0.39 is 0 Å². The molecule has 0 bridgehead atoms. The highest BCUT2D eigenvalue weighted by atomic mass is 79.9. The van der Waals surface area contributed by atoms with Gasteiger partial charge in [-0.15, -0.1) is 0 Å². The summed E-state index contributed by atoms with van der Waals surface area (Å²) >= 11 is 9.52. The van der Waals surface area contributed by atoms with E-state index in [1.807, 2.05) is 43.4 Å². The second kappa shape index (κ2) is 6.42. The molecule has 0 aromatic heterocycles. The fourth-order valence-corrected chi connectivity index (χ4v) is 2.65. The maximum atomic E-state index is 6.07. The Morgan fingerprint density at radius 2 is 2.00 bits per heavy atom. The van der Waals surface area contributed by atoms with Crippen molar-refractivity contribution in [3.8, 4) is 5.75 Å².